The number of benzene rings is 2. The molecule has 1 aliphatic heterocycles. The van der Waals surface area contributed by atoms with E-state index in [1.165, 1.54) is 18.5 Å². The maximum absolute atomic E-state index is 13.5. The van der Waals surface area contributed by atoms with E-state index in [0.717, 1.165) is 51.1 Å². The first-order chi connectivity index (χ1) is 15.6. The van der Waals surface area contributed by atoms with E-state index < -0.39 is 5.82 Å². The zero-order chi connectivity index (χ0) is 22.3. The predicted octanol–water partition coefficient (Wildman–Crippen LogP) is 4.67. The molecule has 7 nitrogen and oxygen atoms in total. The molecule has 0 bridgehead atoms. The van der Waals surface area contributed by atoms with Gasteiger partial charge in [0, 0.05) is 30.2 Å². The number of nitrogens with zero attached hydrogens (tertiary/aromatic N) is 3. The van der Waals surface area contributed by atoms with Crippen molar-refractivity contribution in [2.24, 2.45) is 0 Å². The van der Waals surface area contributed by atoms with Crippen LogP contribution in [0.2, 0.25) is 5.02 Å². The minimum absolute atomic E-state index is 0.0381. The Morgan fingerprint density at radius 2 is 1.97 bits per heavy atom. The van der Waals surface area contributed by atoms with E-state index in [9.17, 15) is 4.39 Å². The number of morpholine rings is 1. The lowest BCUT2D eigenvalue weighted by molar-refractivity contribution is 0.0368. The zero-order valence-corrected chi connectivity index (χ0v) is 18.7. The first kappa shape index (κ1) is 22.5. The Morgan fingerprint density at radius 1 is 1.12 bits per heavy atom. The van der Waals surface area contributed by atoms with Gasteiger partial charge in [0.1, 0.15) is 18.0 Å². The van der Waals surface area contributed by atoms with Crippen LogP contribution in [0.1, 0.15) is 12.8 Å². The van der Waals surface area contributed by atoms with Gasteiger partial charge in [0.25, 0.3) is 0 Å². The molecule has 2 heterocycles. The Kier molecular flexibility index (Phi) is 7.57. The van der Waals surface area contributed by atoms with Crippen molar-refractivity contribution in [1.82, 2.24) is 14.9 Å². The molecule has 0 aliphatic carbocycles. The topological polar surface area (TPSA) is 68.7 Å². The van der Waals surface area contributed by atoms with Gasteiger partial charge in [0.2, 0.25) is 0 Å². The van der Waals surface area contributed by atoms with Crippen molar-refractivity contribution in [3.63, 3.8) is 0 Å². The fourth-order valence-corrected chi connectivity index (χ4v) is 3.77. The molecule has 0 spiro atoms. The highest BCUT2D eigenvalue weighted by atomic mass is 35.5. The monoisotopic (exact) mass is 460 g/mol. The quantitative estimate of drug-likeness (QED) is 0.465. The molecule has 170 valence electrons. The fourth-order valence-electron chi connectivity index (χ4n) is 3.59. The van der Waals surface area contributed by atoms with Crippen molar-refractivity contribution in [2.75, 3.05) is 51.9 Å². The molecule has 3 aromatic rings. The Labute approximate surface area is 191 Å². The van der Waals surface area contributed by atoms with Crippen LogP contribution in [0.4, 0.5) is 15.9 Å². The van der Waals surface area contributed by atoms with Gasteiger partial charge in [-0.05, 0) is 43.7 Å². The van der Waals surface area contributed by atoms with E-state index in [2.05, 4.69) is 20.2 Å². The van der Waals surface area contributed by atoms with Crippen LogP contribution < -0.4 is 14.8 Å². The van der Waals surface area contributed by atoms with E-state index >= 15 is 0 Å². The largest absolute Gasteiger partial charge is 0.493 e. The van der Waals surface area contributed by atoms with E-state index in [1.54, 1.807) is 13.2 Å². The second-order valence-electron chi connectivity index (χ2n) is 7.51. The SMILES string of the molecule is COc1cc2ncnc(Nc3ccc(F)c(Cl)c3)c2cc1OCCCCN1CCOCC1. The third-order valence-electron chi connectivity index (χ3n) is 5.33. The molecule has 4 rings (SSSR count). The fraction of sp³-hybridized carbons (Fsp3) is 0.391. The number of rotatable bonds is 9. The minimum Gasteiger partial charge on any atom is -0.493 e. The molecule has 32 heavy (non-hydrogen) atoms. The van der Waals surface area contributed by atoms with Crippen LogP contribution in [0.3, 0.4) is 0 Å². The van der Waals surface area contributed by atoms with Crippen LogP contribution in [0.15, 0.2) is 36.7 Å². The van der Waals surface area contributed by atoms with Crippen LogP contribution >= 0.6 is 11.6 Å². The van der Waals surface area contributed by atoms with Crippen molar-refractivity contribution < 1.29 is 18.6 Å². The van der Waals surface area contributed by atoms with Crippen LogP contribution in [-0.2, 0) is 4.74 Å². The Bertz CT molecular complexity index is 1060. The highest BCUT2D eigenvalue weighted by Gasteiger charge is 2.13. The summed E-state index contributed by atoms with van der Waals surface area (Å²) in [6, 6.07) is 8.11. The summed E-state index contributed by atoms with van der Waals surface area (Å²) in [6.45, 7) is 5.24. The molecule has 0 saturated carbocycles. The summed E-state index contributed by atoms with van der Waals surface area (Å²) in [5.74, 6) is 1.33. The summed E-state index contributed by atoms with van der Waals surface area (Å²) in [5.41, 5.74) is 1.32. The molecule has 1 saturated heterocycles. The van der Waals surface area contributed by atoms with Gasteiger partial charge in [0.05, 0.1) is 37.5 Å². The molecule has 0 unspecified atom stereocenters. The van der Waals surface area contributed by atoms with E-state index in [4.69, 9.17) is 25.8 Å². The summed E-state index contributed by atoms with van der Waals surface area (Å²) in [7, 11) is 1.60. The summed E-state index contributed by atoms with van der Waals surface area (Å²) in [6.07, 6.45) is 3.45. The van der Waals surface area contributed by atoms with Crippen molar-refractivity contribution in [1.29, 1.82) is 0 Å². The van der Waals surface area contributed by atoms with E-state index in [1.807, 2.05) is 12.1 Å². The van der Waals surface area contributed by atoms with Gasteiger partial charge in [-0.1, -0.05) is 11.6 Å². The number of unbranched alkanes of at least 4 members (excludes halogenated alkanes) is 1. The second kappa shape index (κ2) is 10.8. The first-order valence-corrected chi connectivity index (χ1v) is 11.0. The Hall–Kier alpha value is -2.68. The summed E-state index contributed by atoms with van der Waals surface area (Å²) < 4.78 is 30.4. The number of fused-ring (bicyclic) bond motifs is 1. The van der Waals surface area contributed by atoms with Gasteiger partial charge in [-0.2, -0.15) is 0 Å². The van der Waals surface area contributed by atoms with E-state index in [0.29, 0.717) is 35.1 Å². The molecule has 1 aliphatic rings. The number of halogens is 2. The van der Waals surface area contributed by atoms with Gasteiger partial charge < -0.3 is 19.5 Å². The first-order valence-electron chi connectivity index (χ1n) is 10.6. The van der Waals surface area contributed by atoms with Crippen molar-refractivity contribution in [3.8, 4) is 11.5 Å². The molecular formula is C23H26ClFN4O3. The number of aromatic nitrogens is 2. The van der Waals surface area contributed by atoms with Gasteiger partial charge >= 0.3 is 0 Å². The lowest BCUT2D eigenvalue weighted by atomic mass is 10.2. The van der Waals surface area contributed by atoms with Gasteiger partial charge in [-0.3, -0.25) is 4.90 Å². The van der Waals surface area contributed by atoms with Crippen LogP contribution in [0.25, 0.3) is 10.9 Å². The molecular weight excluding hydrogens is 435 g/mol. The summed E-state index contributed by atoms with van der Waals surface area (Å²) in [4.78, 5) is 11.1. The summed E-state index contributed by atoms with van der Waals surface area (Å²) >= 11 is 5.90. The van der Waals surface area contributed by atoms with Crippen LogP contribution in [-0.4, -0.2) is 61.4 Å². The van der Waals surface area contributed by atoms with Crippen molar-refractivity contribution in [3.05, 3.63) is 47.5 Å². The number of nitrogens with one attached hydrogen (secondary N) is 1. The minimum atomic E-state index is -0.473. The van der Waals surface area contributed by atoms with E-state index in [-0.39, 0.29) is 5.02 Å². The lowest BCUT2D eigenvalue weighted by Gasteiger charge is -2.26. The molecule has 1 fully saturated rings. The second-order valence-corrected chi connectivity index (χ2v) is 7.91. The number of hydrogen-bond acceptors (Lipinski definition) is 7. The van der Waals surface area contributed by atoms with Crippen LogP contribution in [0.5, 0.6) is 11.5 Å². The normalized spacial score (nSPS) is 14.5. The molecule has 1 aromatic heterocycles. The maximum atomic E-state index is 13.5. The average Bonchev–Trinajstić information content (AvgIpc) is 2.81. The molecule has 9 heteroatoms. The summed E-state index contributed by atoms with van der Waals surface area (Å²) in [5, 5.41) is 3.98. The highest BCUT2D eigenvalue weighted by Crippen LogP contribution is 2.35. The number of anilines is 2. The highest BCUT2D eigenvalue weighted by molar-refractivity contribution is 6.31. The van der Waals surface area contributed by atoms with Crippen molar-refractivity contribution in [2.45, 2.75) is 12.8 Å². The molecule has 0 atom stereocenters. The molecule has 2 aromatic carbocycles. The maximum Gasteiger partial charge on any atom is 0.162 e. The Morgan fingerprint density at radius 3 is 2.75 bits per heavy atom. The molecule has 1 N–H and O–H groups in total. The van der Waals surface area contributed by atoms with Gasteiger partial charge in [-0.25, -0.2) is 14.4 Å². The third kappa shape index (κ3) is 5.56. The van der Waals surface area contributed by atoms with Crippen molar-refractivity contribution >= 4 is 34.0 Å². The van der Waals surface area contributed by atoms with Gasteiger partial charge in [0.15, 0.2) is 11.5 Å². The number of ether oxygens (including phenoxy) is 3. The predicted molar refractivity (Wildman–Crippen MR) is 123 cm³/mol. The van der Waals surface area contributed by atoms with Crippen LogP contribution in [0, 0.1) is 5.82 Å². The number of methoxy groups -OCH3 is 1. The average molecular weight is 461 g/mol. The molecule has 0 amide bonds. The smallest absolute Gasteiger partial charge is 0.162 e. The standard InChI is InChI=1S/C23H26ClFN4O3/c1-30-21-14-20-17(13-22(21)32-9-3-2-6-29-7-10-31-11-8-29)23(27-15-26-20)28-16-4-5-19(25)18(24)12-16/h4-5,12-15H,2-3,6-11H2,1H3,(H,26,27,28). The third-order valence-corrected chi connectivity index (χ3v) is 5.62. The van der Waals surface area contributed by atoms with Gasteiger partial charge in [-0.15, -0.1) is 0 Å². The number of hydrogen-bond donors (Lipinski definition) is 1. The molecule has 0 radical (unpaired) electrons. The Balaban J connectivity index is 1.45. The lowest BCUT2D eigenvalue weighted by Crippen LogP contribution is -2.36. The zero-order valence-electron chi connectivity index (χ0n) is 17.9.